The number of halogens is 1. The first-order valence-corrected chi connectivity index (χ1v) is 11.5. The van der Waals surface area contributed by atoms with E-state index in [4.69, 9.17) is 16.3 Å². The van der Waals surface area contributed by atoms with Gasteiger partial charge in [0.05, 0.1) is 11.7 Å². The Kier molecular flexibility index (Phi) is 6.47. The Labute approximate surface area is 186 Å². The molecule has 0 aromatic heterocycles. The summed E-state index contributed by atoms with van der Waals surface area (Å²) in [5.74, 6) is -0.269. The summed E-state index contributed by atoms with van der Waals surface area (Å²) in [5.41, 5.74) is 1.91. The van der Waals surface area contributed by atoms with E-state index in [0.29, 0.717) is 10.6 Å². The van der Waals surface area contributed by atoms with Gasteiger partial charge in [0.1, 0.15) is 5.60 Å². The second-order valence-corrected chi connectivity index (χ2v) is 10.0. The highest BCUT2D eigenvalue weighted by atomic mass is 35.5. The first kappa shape index (κ1) is 22.9. The summed E-state index contributed by atoms with van der Waals surface area (Å²) in [6, 6.07) is 11.4. The van der Waals surface area contributed by atoms with Crippen molar-refractivity contribution in [1.29, 1.82) is 0 Å². The first-order valence-electron chi connectivity index (χ1n) is 9.65. The lowest BCUT2D eigenvalue weighted by Gasteiger charge is -2.19. The maximum Gasteiger partial charge on any atom is 0.422 e. The largest absolute Gasteiger partial charge is 0.443 e. The first-order chi connectivity index (χ1) is 14.4. The van der Waals surface area contributed by atoms with Crippen LogP contribution in [0.4, 0.5) is 10.5 Å². The molecule has 3 N–H and O–H groups in total. The number of carbonyl (C=O) groups excluding carboxylic acids is 2. The molecule has 0 bridgehead atoms. The zero-order chi connectivity index (χ0) is 22.8. The molecule has 1 atom stereocenters. The van der Waals surface area contributed by atoms with Gasteiger partial charge in [-0.1, -0.05) is 17.7 Å². The topological polar surface area (TPSA) is 114 Å². The Hall–Kier alpha value is -2.78. The molecule has 0 spiro atoms. The average Bonchev–Trinajstić information content (AvgIpc) is 3.01. The predicted molar refractivity (Wildman–Crippen MR) is 118 cm³/mol. The molecule has 0 aliphatic heterocycles. The highest BCUT2D eigenvalue weighted by molar-refractivity contribution is 7.91. The van der Waals surface area contributed by atoms with Crippen molar-refractivity contribution in [3.8, 4) is 0 Å². The van der Waals surface area contributed by atoms with Crippen molar-refractivity contribution in [2.24, 2.45) is 0 Å². The standard InChI is InChI=1S/C21H24ClN3O5S/c1-21(2,3)30-20(27)25-31(28,29)24-16-8-4-13(5-9-16)19(26)23-18-11-6-14-12-15(22)7-10-17(14)18/h4-5,7-10,12,18,24H,6,11H2,1-3H3,(H,23,26)(H,25,27)/t18-/m1/s1. The SMILES string of the molecule is CC(C)(C)OC(=O)NS(=O)(=O)Nc1ccc(C(=O)N[C@@H]2CCc3cc(Cl)ccc32)cc1. The van der Waals surface area contributed by atoms with Gasteiger partial charge in [-0.3, -0.25) is 9.52 Å². The van der Waals surface area contributed by atoms with E-state index >= 15 is 0 Å². The normalized spacial score (nSPS) is 15.7. The number of benzene rings is 2. The molecule has 2 aromatic rings. The smallest absolute Gasteiger partial charge is 0.422 e. The Morgan fingerprint density at radius 1 is 1.10 bits per heavy atom. The van der Waals surface area contributed by atoms with Crippen LogP contribution in [0.15, 0.2) is 42.5 Å². The van der Waals surface area contributed by atoms with E-state index in [1.54, 1.807) is 31.6 Å². The van der Waals surface area contributed by atoms with Crippen molar-refractivity contribution in [2.75, 3.05) is 4.72 Å². The Bertz CT molecular complexity index is 1090. The van der Waals surface area contributed by atoms with Gasteiger partial charge in [-0.25, -0.2) is 9.52 Å². The van der Waals surface area contributed by atoms with Crippen LogP contribution in [0, 0.1) is 0 Å². The lowest BCUT2D eigenvalue weighted by molar-refractivity contribution is 0.0570. The van der Waals surface area contributed by atoms with Gasteiger partial charge in [0.2, 0.25) is 0 Å². The Morgan fingerprint density at radius 3 is 2.42 bits per heavy atom. The van der Waals surface area contributed by atoms with Crippen LogP contribution in [0.3, 0.4) is 0 Å². The van der Waals surface area contributed by atoms with Gasteiger partial charge in [0.15, 0.2) is 0 Å². The lowest BCUT2D eigenvalue weighted by Crippen LogP contribution is -2.39. The van der Waals surface area contributed by atoms with E-state index in [9.17, 15) is 18.0 Å². The summed E-state index contributed by atoms with van der Waals surface area (Å²) in [4.78, 5) is 24.3. The maximum atomic E-state index is 12.6. The van der Waals surface area contributed by atoms with Crippen LogP contribution in [0.5, 0.6) is 0 Å². The minimum Gasteiger partial charge on any atom is -0.443 e. The number of fused-ring (bicyclic) bond motifs is 1. The molecule has 0 unspecified atom stereocenters. The summed E-state index contributed by atoms with van der Waals surface area (Å²) < 4.78 is 33.1. The maximum absolute atomic E-state index is 12.6. The fourth-order valence-corrected chi connectivity index (χ4v) is 4.21. The quantitative estimate of drug-likeness (QED) is 0.618. The summed E-state index contributed by atoms with van der Waals surface area (Å²) in [5, 5.41) is 3.66. The number of nitrogens with one attached hydrogen (secondary N) is 3. The molecule has 10 heteroatoms. The third-order valence-corrected chi connectivity index (χ3v) is 5.68. The summed E-state index contributed by atoms with van der Waals surface area (Å²) >= 11 is 6.02. The summed E-state index contributed by atoms with van der Waals surface area (Å²) in [7, 11) is -4.18. The molecule has 2 amide bonds. The number of amides is 2. The fraction of sp³-hybridized carbons (Fsp3) is 0.333. The highest BCUT2D eigenvalue weighted by Gasteiger charge is 2.25. The number of aryl methyl sites for hydroxylation is 1. The van der Waals surface area contributed by atoms with Gasteiger partial charge >= 0.3 is 16.3 Å². The molecule has 2 aromatic carbocycles. The number of ether oxygens (including phenoxy) is 1. The number of hydrogen-bond acceptors (Lipinski definition) is 5. The number of hydrogen-bond donors (Lipinski definition) is 3. The zero-order valence-electron chi connectivity index (χ0n) is 17.4. The van der Waals surface area contributed by atoms with Crippen LogP contribution in [-0.2, 0) is 21.4 Å². The van der Waals surface area contributed by atoms with E-state index in [1.165, 1.54) is 24.3 Å². The molecule has 8 nitrogen and oxygen atoms in total. The van der Waals surface area contributed by atoms with Crippen LogP contribution < -0.4 is 14.8 Å². The molecule has 0 radical (unpaired) electrons. The highest BCUT2D eigenvalue weighted by Crippen LogP contribution is 2.33. The van der Waals surface area contributed by atoms with Crippen LogP contribution in [-0.4, -0.2) is 26.0 Å². The summed E-state index contributed by atoms with van der Waals surface area (Å²) in [6.45, 7) is 4.86. The predicted octanol–water partition coefficient (Wildman–Crippen LogP) is 3.94. The van der Waals surface area contributed by atoms with Gasteiger partial charge in [0.25, 0.3) is 5.91 Å². The molecule has 166 valence electrons. The van der Waals surface area contributed by atoms with Gasteiger partial charge in [-0.2, -0.15) is 8.42 Å². The van der Waals surface area contributed by atoms with Crippen molar-refractivity contribution in [3.05, 3.63) is 64.2 Å². The van der Waals surface area contributed by atoms with Crippen molar-refractivity contribution < 1.29 is 22.7 Å². The molecule has 0 fully saturated rings. The second-order valence-electron chi connectivity index (χ2n) is 8.19. The molecule has 0 heterocycles. The van der Waals surface area contributed by atoms with Crippen LogP contribution in [0.1, 0.15) is 54.7 Å². The Morgan fingerprint density at radius 2 is 1.77 bits per heavy atom. The lowest BCUT2D eigenvalue weighted by atomic mass is 10.1. The third kappa shape index (κ3) is 6.35. The number of rotatable bonds is 5. The minimum absolute atomic E-state index is 0.101. The Balaban J connectivity index is 1.60. The van der Waals surface area contributed by atoms with E-state index < -0.39 is 21.9 Å². The van der Waals surface area contributed by atoms with E-state index in [0.717, 1.165) is 24.0 Å². The second kappa shape index (κ2) is 8.76. The third-order valence-electron chi connectivity index (χ3n) is 4.50. The molecular formula is C21H24ClN3O5S. The van der Waals surface area contributed by atoms with Gasteiger partial charge in [-0.05, 0) is 81.1 Å². The fourth-order valence-electron chi connectivity index (χ4n) is 3.26. The molecule has 3 rings (SSSR count). The molecule has 1 aliphatic carbocycles. The molecule has 31 heavy (non-hydrogen) atoms. The van der Waals surface area contributed by atoms with Crippen LogP contribution in [0.25, 0.3) is 0 Å². The van der Waals surface area contributed by atoms with E-state index in [-0.39, 0.29) is 17.6 Å². The van der Waals surface area contributed by atoms with Gasteiger partial charge in [0, 0.05) is 10.6 Å². The molecule has 1 aliphatic rings. The molecular weight excluding hydrogens is 442 g/mol. The van der Waals surface area contributed by atoms with Crippen LogP contribution >= 0.6 is 11.6 Å². The van der Waals surface area contributed by atoms with Gasteiger partial charge < -0.3 is 10.1 Å². The monoisotopic (exact) mass is 465 g/mol. The van der Waals surface area contributed by atoms with Gasteiger partial charge in [-0.15, -0.1) is 0 Å². The van der Waals surface area contributed by atoms with Crippen molar-refractivity contribution in [1.82, 2.24) is 10.0 Å². The number of anilines is 1. The molecule has 0 saturated heterocycles. The average molecular weight is 466 g/mol. The van der Waals surface area contributed by atoms with Crippen molar-refractivity contribution in [2.45, 2.75) is 45.3 Å². The van der Waals surface area contributed by atoms with E-state index in [1.807, 2.05) is 12.1 Å². The summed E-state index contributed by atoms with van der Waals surface area (Å²) in [6.07, 6.45) is 0.538. The van der Waals surface area contributed by atoms with Crippen molar-refractivity contribution in [3.63, 3.8) is 0 Å². The van der Waals surface area contributed by atoms with Crippen LogP contribution in [0.2, 0.25) is 5.02 Å². The minimum atomic E-state index is -4.18. The number of carbonyl (C=O) groups is 2. The van der Waals surface area contributed by atoms with Crippen molar-refractivity contribution >= 4 is 39.5 Å². The zero-order valence-corrected chi connectivity index (χ0v) is 18.9. The van der Waals surface area contributed by atoms with E-state index in [2.05, 4.69) is 10.0 Å². The molecule has 0 saturated carbocycles.